The summed E-state index contributed by atoms with van der Waals surface area (Å²) < 4.78 is 5.12. The van der Waals surface area contributed by atoms with Crippen LogP contribution in [0.3, 0.4) is 0 Å². The molecule has 0 aromatic heterocycles. The predicted molar refractivity (Wildman–Crippen MR) is 63.6 cm³/mol. The lowest BCUT2D eigenvalue weighted by molar-refractivity contribution is -0.145. The molecule has 0 aromatic carbocycles. The Hall–Kier alpha value is -0.900. The Morgan fingerprint density at radius 3 is 2.87 bits per heavy atom. The van der Waals surface area contributed by atoms with Gasteiger partial charge in [0.2, 0.25) is 0 Å². The molecule has 0 amide bonds. The van der Waals surface area contributed by atoms with Crippen molar-refractivity contribution in [3.8, 4) is 0 Å². The quantitative estimate of drug-likeness (QED) is 0.429. The van der Waals surface area contributed by atoms with Crippen LogP contribution in [0.2, 0.25) is 0 Å². The van der Waals surface area contributed by atoms with E-state index < -0.39 is 4.87 Å². The molecular weight excluding hydrogens is 210 g/mol. The summed E-state index contributed by atoms with van der Waals surface area (Å²) in [6.07, 6.45) is 10.0. The van der Waals surface area contributed by atoms with E-state index in [0.29, 0.717) is 6.61 Å². The van der Waals surface area contributed by atoms with Crippen LogP contribution in [0.25, 0.3) is 0 Å². The number of nitrogens with one attached hydrogen (secondary N) is 1. The molecule has 84 valence electrons. The SMILES string of the molecule is CCCCCOC(=O)C1(S)C=CC=CN1. The summed E-state index contributed by atoms with van der Waals surface area (Å²) in [6, 6.07) is 0. The number of unbranched alkanes of at least 4 members (excludes halogenated alkanes) is 2. The fourth-order valence-corrected chi connectivity index (χ4v) is 1.45. The number of thiol groups is 1. The smallest absolute Gasteiger partial charge is 0.346 e. The molecule has 0 bridgehead atoms. The molecule has 0 spiro atoms. The number of allylic oxidation sites excluding steroid dienone is 2. The molecule has 1 aliphatic rings. The van der Waals surface area contributed by atoms with Gasteiger partial charge >= 0.3 is 5.97 Å². The van der Waals surface area contributed by atoms with Gasteiger partial charge in [-0.1, -0.05) is 25.8 Å². The van der Waals surface area contributed by atoms with Gasteiger partial charge in [-0.05, 0) is 24.8 Å². The van der Waals surface area contributed by atoms with Crippen LogP contribution in [0.1, 0.15) is 26.2 Å². The van der Waals surface area contributed by atoms with Crippen molar-refractivity contribution < 1.29 is 9.53 Å². The van der Waals surface area contributed by atoms with Gasteiger partial charge in [0, 0.05) is 0 Å². The molecule has 0 saturated carbocycles. The lowest BCUT2D eigenvalue weighted by Gasteiger charge is -2.24. The van der Waals surface area contributed by atoms with Crippen LogP contribution in [0.5, 0.6) is 0 Å². The van der Waals surface area contributed by atoms with Crippen molar-refractivity contribution in [3.05, 3.63) is 24.4 Å². The van der Waals surface area contributed by atoms with Gasteiger partial charge in [0.15, 0.2) is 4.87 Å². The molecule has 0 aromatic rings. The Labute approximate surface area is 96.0 Å². The standard InChI is InChI=1S/C11H17NO2S/c1-2-3-6-9-14-10(13)11(15)7-4-5-8-12-11/h4-5,7-8,12,15H,2-3,6,9H2,1H3. The minimum atomic E-state index is -0.999. The Morgan fingerprint density at radius 1 is 1.47 bits per heavy atom. The van der Waals surface area contributed by atoms with Crippen LogP contribution in [0.15, 0.2) is 24.4 Å². The maximum absolute atomic E-state index is 11.6. The molecule has 4 heteroatoms. The summed E-state index contributed by atoms with van der Waals surface area (Å²) in [6.45, 7) is 2.58. The van der Waals surface area contributed by atoms with E-state index in [9.17, 15) is 4.79 Å². The molecule has 0 aliphatic carbocycles. The predicted octanol–water partition coefficient (Wildman–Crippen LogP) is 2.02. The molecule has 0 radical (unpaired) electrons. The number of rotatable bonds is 5. The van der Waals surface area contributed by atoms with Gasteiger partial charge in [0.05, 0.1) is 6.61 Å². The second-order valence-electron chi connectivity index (χ2n) is 3.47. The normalized spacial score (nSPS) is 23.6. The van der Waals surface area contributed by atoms with E-state index in [1.807, 2.05) is 0 Å². The minimum absolute atomic E-state index is 0.345. The molecule has 1 atom stereocenters. The zero-order valence-electron chi connectivity index (χ0n) is 8.90. The third-order valence-corrected chi connectivity index (χ3v) is 2.60. The van der Waals surface area contributed by atoms with Crippen LogP contribution in [0.4, 0.5) is 0 Å². The number of esters is 1. The molecule has 1 aliphatic heterocycles. The van der Waals surface area contributed by atoms with Crippen molar-refractivity contribution in [2.45, 2.75) is 31.1 Å². The van der Waals surface area contributed by atoms with E-state index in [4.69, 9.17) is 4.74 Å². The van der Waals surface area contributed by atoms with E-state index in [1.54, 1.807) is 24.4 Å². The number of hydrogen-bond acceptors (Lipinski definition) is 4. The monoisotopic (exact) mass is 227 g/mol. The van der Waals surface area contributed by atoms with Gasteiger partial charge in [0.1, 0.15) is 0 Å². The Balaban J connectivity index is 2.33. The molecule has 0 saturated heterocycles. The van der Waals surface area contributed by atoms with E-state index in [1.165, 1.54) is 0 Å². The Kier molecular flexibility index (Phi) is 4.75. The maximum Gasteiger partial charge on any atom is 0.346 e. The molecule has 1 N–H and O–H groups in total. The van der Waals surface area contributed by atoms with Gasteiger partial charge < -0.3 is 10.1 Å². The molecule has 15 heavy (non-hydrogen) atoms. The second-order valence-corrected chi connectivity index (χ2v) is 4.18. The molecule has 0 fully saturated rings. The van der Waals surface area contributed by atoms with E-state index in [2.05, 4.69) is 24.9 Å². The van der Waals surface area contributed by atoms with Gasteiger partial charge in [-0.15, -0.1) is 12.6 Å². The average molecular weight is 227 g/mol. The summed E-state index contributed by atoms with van der Waals surface area (Å²) in [5.41, 5.74) is 0. The third-order valence-electron chi connectivity index (χ3n) is 2.14. The number of ether oxygens (including phenoxy) is 1. The summed E-state index contributed by atoms with van der Waals surface area (Å²) in [7, 11) is 0. The van der Waals surface area contributed by atoms with Gasteiger partial charge in [-0.25, -0.2) is 4.79 Å². The van der Waals surface area contributed by atoms with E-state index >= 15 is 0 Å². The van der Waals surface area contributed by atoms with Crippen molar-refractivity contribution in [2.75, 3.05) is 6.61 Å². The van der Waals surface area contributed by atoms with Gasteiger partial charge in [-0.3, -0.25) is 0 Å². The summed E-state index contributed by atoms with van der Waals surface area (Å²) in [4.78, 5) is 10.6. The fourth-order valence-electron chi connectivity index (χ4n) is 1.23. The topological polar surface area (TPSA) is 38.3 Å². The number of hydrogen-bond donors (Lipinski definition) is 2. The highest BCUT2D eigenvalue weighted by molar-refractivity contribution is 7.82. The van der Waals surface area contributed by atoms with Crippen LogP contribution >= 0.6 is 12.6 Å². The van der Waals surface area contributed by atoms with Gasteiger partial charge in [0.25, 0.3) is 0 Å². The van der Waals surface area contributed by atoms with Crippen molar-refractivity contribution >= 4 is 18.6 Å². The first-order valence-corrected chi connectivity index (χ1v) is 5.65. The molecule has 1 unspecified atom stereocenters. The number of carbonyl (C=O) groups is 1. The van der Waals surface area contributed by atoms with Crippen molar-refractivity contribution in [3.63, 3.8) is 0 Å². The maximum atomic E-state index is 11.6. The third kappa shape index (κ3) is 3.63. The molecular formula is C11H17NO2S. The molecule has 3 nitrogen and oxygen atoms in total. The van der Waals surface area contributed by atoms with Crippen LogP contribution in [-0.2, 0) is 9.53 Å². The van der Waals surface area contributed by atoms with Crippen molar-refractivity contribution in [1.29, 1.82) is 0 Å². The Morgan fingerprint density at radius 2 is 2.27 bits per heavy atom. The molecule has 1 heterocycles. The Bertz CT molecular complexity index is 276. The van der Waals surface area contributed by atoms with E-state index in [0.717, 1.165) is 19.3 Å². The average Bonchev–Trinajstić information content (AvgIpc) is 2.25. The number of dihydropyridines is 1. The summed E-state index contributed by atoms with van der Waals surface area (Å²) >= 11 is 4.25. The summed E-state index contributed by atoms with van der Waals surface area (Å²) in [5.74, 6) is -0.345. The van der Waals surface area contributed by atoms with Crippen LogP contribution in [-0.4, -0.2) is 17.4 Å². The first-order chi connectivity index (χ1) is 7.19. The largest absolute Gasteiger partial charge is 0.463 e. The second kappa shape index (κ2) is 5.85. The fraction of sp³-hybridized carbons (Fsp3) is 0.545. The lowest BCUT2D eigenvalue weighted by Crippen LogP contribution is -2.45. The minimum Gasteiger partial charge on any atom is -0.463 e. The highest BCUT2D eigenvalue weighted by Gasteiger charge is 2.32. The van der Waals surface area contributed by atoms with Crippen LogP contribution in [0, 0.1) is 0 Å². The summed E-state index contributed by atoms with van der Waals surface area (Å²) in [5, 5.41) is 2.86. The molecule has 1 rings (SSSR count). The number of carbonyl (C=O) groups excluding carboxylic acids is 1. The lowest BCUT2D eigenvalue weighted by atomic mass is 10.2. The zero-order valence-corrected chi connectivity index (χ0v) is 9.80. The highest BCUT2D eigenvalue weighted by Crippen LogP contribution is 2.17. The first-order valence-electron chi connectivity index (χ1n) is 5.20. The van der Waals surface area contributed by atoms with Gasteiger partial charge in [-0.2, -0.15) is 0 Å². The van der Waals surface area contributed by atoms with Crippen molar-refractivity contribution in [2.24, 2.45) is 0 Å². The zero-order chi connectivity index (χ0) is 11.1. The van der Waals surface area contributed by atoms with Crippen molar-refractivity contribution in [1.82, 2.24) is 5.32 Å². The van der Waals surface area contributed by atoms with Crippen LogP contribution < -0.4 is 5.32 Å². The highest BCUT2D eigenvalue weighted by atomic mass is 32.1. The first kappa shape index (κ1) is 12.2. The van der Waals surface area contributed by atoms with E-state index in [-0.39, 0.29) is 5.97 Å².